The summed E-state index contributed by atoms with van der Waals surface area (Å²) in [7, 11) is -4.22. The summed E-state index contributed by atoms with van der Waals surface area (Å²) < 4.78 is 100. The summed E-state index contributed by atoms with van der Waals surface area (Å²) in [6.45, 7) is -0.785. The summed E-state index contributed by atoms with van der Waals surface area (Å²) in [5, 5.41) is 0. The van der Waals surface area contributed by atoms with E-state index < -0.39 is 56.0 Å². The number of rotatable bonds is 8. The number of hydrogen-bond donors (Lipinski definition) is 1. The summed E-state index contributed by atoms with van der Waals surface area (Å²) in [5.74, 6) is -2.95. The topological polar surface area (TPSA) is 107 Å². The number of ether oxygens (including phenoxy) is 1. The molecule has 0 unspecified atom stereocenters. The maximum atomic E-state index is 14.3. The molecule has 2 N–H and O–H groups in total. The fourth-order valence-corrected chi connectivity index (χ4v) is 8.36. The van der Waals surface area contributed by atoms with Gasteiger partial charge in [-0.25, -0.2) is 17.2 Å². The Kier molecular flexibility index (Phi) is 8.94. The first kappa shape index (κ1) is 32.4. The number of benzene rings is 3. The normalized spacial score (nSPS) is 22.3. The minimum atomic E-state index is -4.79. The lowest BCUT2D eigenvalue weighted by atomic mass is 9.81. The number of hydrogen-bond acceptors (Lipinski definition) is 5. The number of nitrogens with zero attached hydrogens (tertiary/aromatic N) is 1. The van der Waals surface area contributed by atoms with Gasteiger partial charge in [-0.3, -0.25) is 9.59 Å². The van der Waals surface area contributed by atoms with E-state index in [2.05, 4.69) is 0 Å². The molecule has 0 aromatic heterocycles. The second kappa shape index (κ2) is 12.4. The van der Waals surface area contributed by atoms with E-state index in [4.69, 9.17) is 10.5 Å². The van der Waals surface area contributed by atoms with Gasteiger partial charge in [0.1, 0.15) is 28.7 Å². The molecular formula is C32H31F5N2O5S. The molecule has 1 atom stereocenters. The fourth-order valence-electron chi connectivity index (χ4n) is 6.28. The Hall–Kier alpha value is -4.00. The van der Waals surface area contributed by atoms with Crippen molar-refractivity contribution in [3.8, 4) is 5.75 Å². The first-order valence-corrected chi connectivity index (χ1v) is 15.9. The first-order chi connectivity index (χ1) is 21.2. The molecule has 2 aliphatic rings. The SMILES string of the molecule is NC(=O)[C@H]1CC[C@H](C(=O)N2CC[C@](c3ccc(OCc4c(F)cccc4C(F)(F)F)cc3)(S(=O)(=O)c3ccc(F)cc3)C2)CC1. The Labute approximate surface area is 257 Å². The second-order valence-corrected chi connectivity index (χ2v) is 13.7. The molecule has 2 fully saturated rings. The quantitative estimate of drug-likeness (QED) is 0.247. The molecule has 240 valence electrons. The summed E-state index contributed by atoms with van der Waals surface area (Å²) >= 11 is 0. The van der Waals surface area contributed by atoms with Crippen molar-refractivity contribution in [2.24, 2.45) is 17.6 Å². The molecule has 1 saturated heterocycles. The predicted molar refractivity (Wildman–Crippen MR) is 153 cm³/mol. The van der Waals surface area contributed by atoms with Gasteiger partial charge in [-0.1, -0.05) is 18.2 Å². The van der Waals surface area contributed by atoms with Crippen molar-refractivity contribution in [1.29, 1.82) is 0 Å². The van der Waals surface area contributed by atoms with Gasteiger partial charge in [0.2, 0.25) is 11.8 Å². The highest BCUT2D eigenvalue weighted by molar-refractivity contribution is 7.92. The number of carbonyl (C=O) groups excluding carboxylic acids is 2. The van der Waals surface area contributed by atoms with Crippen molar-refractivity contribution < 1.29 is 44.7 Å². The van der Waals surface area contributed by atoms with Gasteiger partial charge in [0.15, 0.2) is 9.84 Å². The summed E-state index contributed by atoms with van der Waals surface area (Å²) in [5.41, 5.74) is 3.89. The molecule has 1 aliphatic heterocycles. The van der Waals surface area contributed by atoms with Gasteiger partial charge in [0.05, 0.1) is 10.5 Å². The number of sulfone groups is 1. The van der Waals surface area contributed by atoms with Gasteiger partial charge in [-0.2, -0.15) is 13.2 Å². The standard InChI is InChI=1S/C32H31F5N2O5S/c33-23-10-14-25(15-11-23)45(42,43)31(16-17-39(19-31)30(41)21-6-4-20(5-7-21)29(38)40)22-8-12-24(13-9-22)44-18-26-27(32(35,36)37)2-1-3-28(26)34/h1-3,8-15,20-21H,4-7,16-19H2,(H2,38,40)/t20-,21-,31-/m0/s1. The molecule has 1 saturated carbocycles. The van der Waals surface area contributed by atoms with Gasteiger partial charge >= 0.3 is 6.18 Å². The minimum absolute atomic E-state index is 0.0272. The zero-order valence-electron chi connectivity index (χ0n) is 24.0. The summed E-state index contributed by atoms with van der Waals surface area (Å²) in [4.78, 5) is 26.5. The molecule has 1 aliphatic carbocycles. The number of amides is 2. The smallest absolute Gasteiger partial charge is 0.416 e. The highest BCUT2D eigenvalue weighted by Crippen LogP contribution is 2.45. The van der Waals surface area contributed by atoms with Crippen LogP contribution in [0.2, 0.25) is 0 Å². The molecular weight excluding hydrogens is 619 g/mol. The average molecular weight is 651 g/mol. The largest absolute Gasteiger partial charge is 0.489 e. The minimum Gasteiger partial charge on any atom is -0.489 e. The monoisotopic (exact) mass is 650 g/mol. The van der Waals surface area contributed by atoms with Crippen molar-refractivity contribution in [1.82, 2.24) is 4.90 Å². The first-order valence-electron chi connectivity index (χ1n) is 14.4. The Morgan fingerprint density at radius 2 is 1.53 bits per heavy atom. The Bertz CT molecular complexity index is 1670. The van der Waals surface area contributed by atoms with Gasteiger partial charge in [0.25, 0.3) is 0 Å². The van der Waals surface area contributed by atoms with Crippen molar-refractivity contribution in [3.63, 3.8) is 0 Å². The van der Waals surface area contributed by atoms with E-state index in [1.165, 1.54) is 29.2 Å². The van der Waals surface area contributed by atoms with Crippen LogP contribution in [0.15, 0.2) is 71.6 Å². The van der Waals surface area contributed by atoms with Crippen molar-refractivity contribution in [2.45, 2.75) is 54.5 Å². The number of likely N-dealkylation sites (tertiary alicyclic amines) is 1. The van der Waals surface area contributed by atoms with Gasteiger partial charge < -0.3 is 15.4 Å². The predicted octanol–water partition coefficient (Wildman–Crippen LogP) is 5.76. The average Bonchev–Trinajstić information content (AvgIpc) is 3.47. The lowest BCUT2D eigenvalue weighted by Gasteiger charge is -2.32. The highest BCUT2D eigenvalue weighted by atomic mass is 32.2. The molecule has 2 amide bonds. The zero-order valence-corrected chi connectivity index (χ0v) is 24.8. The second-order valence-electron chi connectivity index (χ2n) is 11.5. The molecule has 13 heteroatoms. The molecule has 3 aromatic rings. The van der Waals surface area contributed by atoms with Crippen LogP contribution in [-0.2, 0) is 37.0 Å². The lowest BCUT2D eigenvalue weighted by Crippen LogP contribution is -2.43. The Morgan fingerprint density at radius 3 is 2.13 bits per heavy atom. The number of alkyl halides is 3. The van der Waals surface area contributed by atoms with Crippen molar-refractivity contribution >= 4 is 21.7 Å². The van der Waals surface area contributed by atoms with E-state index in [-0.39, 0.29) is 47.9 Å². The van der Waals surface area contributed by atoms with E-state index in [1.54, 1.807) is 0 Å². The Morgan fingerprint density at radius 1 is 0.911 bits per heavy atom. The maximum absolute atomic E-state index is 14.3. The number of halogens is 5. The molecule has 0 bridgehead atoms. The molecule has 45 heavy (non-hydrogen) atoms. The third-order valence-electron chi connectivity index (χ3n) is 8.85. The number of nitrogens with two attached hydrogens (primary N) is 1. The van der Waals surface area contributed by atoms with Crippen LogP contribution < -0.4 is 10.5 Å². The van der Waals surface area contributed by atoms with Gasteiger partial charge in [0, 0.05) is 30.5 Å². The van der Waals surface area contributed by atoms with Gasteiger partial charge in [-0.05, 0) is 86.2 Å². The van der Waals surface area contributed by atoms with E-state index in [0.717, 1.165) is 42.5 Å². The number of carbonyl (C=O) groups is 2. The molecule has 1 heterocycles. The molecule has 7 nitrogen and oxygen atoms in total. The van der Waals surface area contributed by atoms with Crippen LogP contribution in [0.25, 0.3) is 0 Å². The van der Waals surface area contributed by atoms with Gasteiger partial charge in [-0.15, -0.1) is 0 Å². The Balaban J connectivity index is 1.42. The third kappa shape index (κ3) is 6.40. The summed E-state index contributed by atoms with van der Waals surface area (Å²) in [6.07, 6.45) is -2.93. The number of primary amides is 1. The fraction of sp³-hybridized carbons (Fsp3) is 0.375. The van der Waals surface area contributed by atoms with E-state index in [9.17, 15) is 40.0 Å². The molecule has 0 spiro atoms. The van der Waals surface area contributed by atoms with E-state index in [1.807, 2.05) is 0 Å². The molecule has 5 rings (SSSR count). The van der Waals surface area contributed by atoms with Crippen LogP contribution in [0.3, 0.4) is 0 Å². The maximum Gasteiger partial charge on any atom is 0.416 e. The van der Waals surface area contributed by atoms with Crippen LogP contribution in [0.5, 0.6) is 5.75 Å². The van der Waals surface area contributed by atoms with E-state index in [0.29, 0.717) is 31.2 Å². The van der Waals surface area contributed by atoms with Crippen LogP contribution in [0.4, 0.5) is 22.0 Å². The summed E-state index contributed by atoms with van der Waals surface area (Å²) in [6, 6.07) is 12.7. The molecule has 3 aromatic carbocycles. The third-order valence-corrected chi connectivity index (χ3v) is 11.3. The van der Waals surface area contributed by atoms with Crippen LogP contribution >= 0.6 is 0 Å². The lowest BCUT2D eigenvalue weighted by molar-refractivity contribution is -0.139. The van der Waals surface area contributed by atoms with Crippen LogP contribution in [0.1, 0.15) is 48.8 Å². The van der Waals surface area contributed by atoms with Crippen molar-refractivity contribution in [3.05, 3.63) is 95.1 Å². The van der Waals surface area contributed by atoms with Crippen molar-refractivity contribution in [2.75, 3.05) is 13.1 Å². The zero-order chi connectivity index (χ0) is 32.6. The van der Waals surface area contributed by atoms with Crippen LogP contribution in [0, 0.1) is 23.5 Å². The van der Waals surface area contributed by atoms with E-state index >= 15 is 0 Å². The highest BCUT2D eigenvalue weighted by Gasteiger charge is 2.52. The molecule has 0 radical (unpaired) electrons. The van der Waals surface area contributed by atoms with Crippen LogP contribution in [-0.4, -0.2) is 38.2 Å².